The number of amides is 2. The number of hydrogen-bond donors (Lipinski definition) is 2. The van der Waals surface area contributed by atoms with Gasteiger partial charge in [0.15, 0.2) is 6.61 Å². The molecule has 2 N–H and O–H groups in total. The van der Waals surface area contributed by atoms with Crippen molar-refractivity contribution in [1.82, 2.24) is 0 Å². The number of carbonyl (C=O) groups excluding carboxylic acids is 2. The molecule has 3 aromatic rings. The molecule has 0 aliphatic rings. The molecule has 0 heterocycles. The molecule has 0 aromatic heterocycles. The molecule has 0 unspecified atom stereocenters. The molecule has 0 radical (unpaired) electrons. The zero-order valence-corrected chi connectivity index (χ0v) is 17.8. The van der Waals surface area contributed by atoms with E-state index in [0.29, 0.717) is 17.2 Å². The maximum atomic E-state index is 12.2. The minimum atomic E-state index is -0.229. The van der Waals surface area contributed by atoms with Crippen molar-refractivity contribution in [2.45, 2.75) is 18.7 Å². The lowest BCUT2D eigenvalue weighted by Gasteiger charge is -2.10. The Labute approximate surface area is 180 Å². The van der Waals surface area contributed by atoms with Crippen LogP contribution in [-0.4, -0.2) is 24.2 Å². The number of rotatable bonds is 8. The first-order chi connectivity index (χ1) is 14.5. The summed E-state index contributed by atoms with van der Waals surface area (Å²) in [7, 11) is 0. The van der Waals surface area contributed by atoms with Gasteiger partial charge >= 0.3 is 0 Å². The summed E-state index contributed by atoms with van der Waals surface area (Å²) in [4.78, 5) is 25.2. The highest BCUT2D eigenvalue weighted by Crippen LogP contribution is 2.22. The first-order valence-corrected chi connectivity index (χ1v) is 10.6. The quantitative estimate of drug-likeness (QED) is 0.500. The Bertz CT molecular complexity index is 1000. The number of carbonyl (C=O) groups is 2. The Kier molecular flexibility index (Phi) is 7.51. The predicted octanol–water partition coefficient (Wildman–Crippen LogP) is 5.05. The van der Waals surface area contributed by atoms with Crippen molar-refractivity contribution in [3.8, 4) is 5.75 Å². The third-order valence-electron chi connectivity index (χ3n) is 4.29. The highest BCUT2D eigenvalue weighted by Gasteiger charge is 2.07. The van der Waals surface area contributed by atoms with Gasteiger partial charge in [0.1, 0.15) is 5.75 Å². The van der Waals surface area contributed by atoms with Gasteiger partial charge in [-0.15, -0.1) is 11.8 Å². The first kappa shape index (κ1) is 21.5. The number of ether oxygens (including phenoxy) is 1. The fourth-order valence-electron chi connectivity index (χ4n) is 2.70. The van der Waals surface area contributed by atoms with E-state index < -0.39 is 0 Å². The molecule has 0 saturated heterocycles. The summed E-state index contributed by atoms with van der Waals surface area (Å²) in [6.45, 7) is 3.91. The van der Waals surface area contributed by atoms with E-state index >= 15 is 0 Å². The minimum Gasteiger partial charge on any atom is -0.484 e. The number of hydrogen-bond acceptors (Lipinski definition) is 4. The van der Waals surface area contributed by atoms with Gasteiger partial charge in [-0.25, -0.2) is 0 Å². The van der Waals surface area contributed by atoms with Crippen molar-refractivity contribution in [2.75, 3.05) is 23.0 Å². The minimum absolute atomic E-state index is 0.0517. The summed E-state index contributed by atoms with van der Waals surface area (Å²) in [6.07, 6.45) is 0. The van der Waals surface area contributed by atoms with Crippen LogP contribution in [0.4, 0.5) is 11.4 Å². The molecule has 0 fully saturated rings. The van der Waals surface area contributed by atoms with Crippen molar-refractivity contribution >= 4 is 35.0 Å². The van der Waals surface area contributed by atoms with Gasteiger partial charge < -0.3 is 15.4 Å². The molecular weight excluding hydrogens is 396 g/mol. The second-order valence-electron chi connectivity index (χ2n) is 6.83. The molecule has 0 atom stereocenters. The van der Waals surface area contributed by atoms with Crippen LogP contribution in [0.5, 0.6) is 5.75 Å². The van der Waals surface area contributed by atoms with Gasteiger partial charge in [-0.05, 0) is 67.4 Å². The van der Waals surface area contributed by atoms with Crippen molar-refractivity contribution in [1.29, 1.82) is 0 Å². The molecule has 3 aromatic carbocycles. The number of anilines is 2. The van der Waals surface area contributed by atoms with Crippen LogP contribution in [0.3, 0.4) is 0 Å². The van der Waals surface area contributed by atoms with Gasteiger partial charge in [-0.3, -0.25) is 9.59 Å². The summed E-state index contributed by atoms with van der Waals surface area (Å²) in [6, 6.07) is 22.6. The van der Waals surface area contributed by atoms with Crippen molar-refractivity contribution < 1.29 is 14.3 Å². The molecule has 0 aliphatic carbocycles. The van der Waals surface area contributed by atoms with Crippen LogP contribution in [-0.2, 0) is 9.59 Å². The second kappa shape index (κ2) is 10.5. The third-order valence-corrected chi connectivity index (χ3v) is 5.30. The van der Waals surface area contributed by atoms with Gasteiger partial charge in [-0.1, -0.05) is 30.3 Å². The molecule has 0 aliphatic heterocycles. The number of aryl methyl sites for hydroxylation is 2. The largest absolute Gasteiger partial charge is 0.484 e. The number of nitrogens with one attached hydrogen (secondary N) is 2. The molecule has 6 heteroatoms. The molecule has 5 nitrogen and oxygen atoms in total. The Morgan fingerprint density at radius 1 is 0.867 bits per heavy atom. The maximum absolute atomic E-state index is 12.2. The van der Waals surface area contributed by atoms with Gasteiger partial charge in [0.25, 0.3) is 5.91 Å². The van der Waals surface area contributed by atoms with E-state index in [1.165, 1.54) is 11.8 Å². The van der Waals surface area contributed by atoms with E-state index in [4.69, 9.17) is 4.74 Å². The van der Waals surface area contributed by atoms with E-state index in [1.54, 1.807) is 12.1 Å². The Balaban J connectivity index is 1.44. The Hall–Kier alpha value is -3.25. The highest BCUT2D eigenvalue weighted by atomic mass is 32.2. The van der Waals surface area contributed by atoms with Crippen LogP contribution in [0.1, 0.15) is 11.1 Å². The lowest BCUT2D eigenvalue weighted by molar-refractivity contribution is -0.118. The lowest BCUT2D eigenvalue weighted by Crippen LogP contribution is -2.20. The third kappa shape index (κ3) is 6.67. The van der Waals surface area contributed by atoms with Crippen LogP contribution < -0.4 is 15.4 Å². The molecule has 2 amide bonds. The smallest absolute Gasteiger partial charge is 0.262 e. The number of thioether (sulfide) groups is 1. The average Bonchev–Trinajstić information content (AvgIpc) is 2.75. The average molecular weight is 421 g/mol. The molecular formula is C24H24N2O3S. The molecule has 154 valence electrons. The second-order valence-corrected chi connectivity index (χ2v) is 7.88. The van der Waals surface area contributed by atoms with Crippen LogP contribution in [0.25, 0.3) is 0 Å². The topological polar surface area (TPSA) is 67.4 Å². The molecule has 0 saturated carbocycles. The Morgan fingerprint density at radius 2 is 1.60 bits per heavy atom. The Morgan fingerprint density at radius 3 is 2.33 bits per heavy atom. The van der Waals surface area contributed by atoms with E-state index in [1.807, 2.05) is 74.5 Å². The van der Waals surface area contributed by atoms with Gasteiger partial charge in [-0.2, -0.15) is 0 Å². The van der Waals surface area contributed by atoms with Gasteiger partial charge in [0.05, 0.1) is 5.75 Å². The van der Waals surface area contributed by atoms with Gasteiger partial charge in [0.2, 0.25) is 5.91 Å². The summed E-state index contributed by atoms with van der Waals surface area (Å²) >= 11 is 1.44. The SMILES string of the molecule is Cc1ccc(C)c(NC(=O)CSc2ccc(NC(=O)COc3ccccc3)cc2)c1. The van der Waals surface area contributed by atoms with Crippen LogP contribution >= 0.6 is 11.8 Å². The highest BCUT2D eigenvalue weighted by molar-refractivity contribution is 8.00. The molecule has 0 bridgehead atoms. The van der Waals surface area contributed by atoms with Crippen molar-refractivity contribution in [3.63, 3.8) is 0 Å². The standard InChI is InChI=1S/C24H24N2O3S/c1-17-8-9-18(2)22(14-17)26-24(28)16-30-21-12-10-19(11-13-21)25-23(27)15-29-20-6-4-3-5-7-20/h3-14H,15-16H2,1-2H3,(H,25,27)(H,26,28). The lowest BCUT2D eigenvalue weighted by atomic mass is 10.1. The fourth-order valence-corrected chi connectivity index (χ4v) is 3.40. The summed E-state index contributed by atoms with van der Waals surface area (Å²) < 4.78 is 5.43. The predicted molar refractivity (Wildman–Crippen MR) is 122 cm³/mol. The molecule has 3 rings (SSSR count). The van der Waals surface area contributed by atoms with Crippen molar-refractivity contribution in [2.24, 2.45) is 0 Å². The first-order valence-electron chi connectivity index (χ1n) is 9.57. The maximum Gasteiger partial charge on any atom is 0.262 e. The van der Waals surface area contributed by atoms with Crippen molar-refractivity contribution in [3.05, 3.63) is 83.9 Å². The van der Waals surface area contributed by atoms with E-state index in [2.05, 4.69) is 10.6 Å². The molecule has 30 heavy (non-hydrogen) atoms. The van der Waals surface area contributed by atoms with Crippen LogP contribution in [0, 0.1) is 13.8 Å². The normalized spacial score (nSPS) is 10.3. The van der Waals surface area contributed by atoms with E-state index in [9.17, 15) is 9.59 Å². The van der Waals surface area contributed by atoms with E-state index in [-0.39, 0.29) is 18.4 Å². The number of benzene rings is 3. The van der Waals surface area contributed by atoms with Gasteiger partial charge in [0, 0.05) is 16.3 Å². The number of para-hydroxylation sites is 1. The monoisotopic (exact) mass is 420 g/mol. The summed E-state index contributed by atoms with van der Waals surface area (Å²) in [5.74, 6) is 0.680. The summed E-state index contributed by atoms with van der Waals surface area (Å²) in [5, 5.41) is 5.75. The fraction of sp³-hybridized carbons (Fsp3) is 0.167. The van der Waals surface area contributed by atoms with E-state index in [0.717, 1.165) is 21.7 Å². The molecule has 0 spiro atoms. The summed E-state index contributed by atoms with van der Waals surface area (Å²) in [5.41, 5.74) is 3.67. The van der Waals surface area contributed by atoms with Crippen LogP contribution in [0.15, 0.2) is 77.7 Å². The zero-order valence-electron chi connectivity index (χ0n) is 17.0. The zero-order chi connectivity index (χ0) is 21.3. The van der Waals surface area contributed by atoms with Crippen LogP contribution in [0.2, 0.25) is 0 Å².